The van der Waals surface area contributed by atoms with Crippen LogP contribution < -0.4 is 10.2 Å². The molecule has 0 radical (unpaired) electrons. The van der Waals surface area contributed by atoms with Gasteiger partial charge in [0, 0.05) is 42.1 Å². The van der Waals surface area contributed by atoms with Crippen LogP contribution in [0.4, 0.5) is 17.2 Å². The van der Waals surface area contributed by atoms with Gasteiger partial charge in [-0.05, 0) is 48.7 Å². The lowest BCUT2D eigenvalue weighted by molar-refractivity contribution is 0.0989. The van der Waals surface area contributed by atoms with Crippen LogP contribution in [0.3, 0.4) is 0 Å². The summed E-state index contributed by atoms with van der Waals surface area (Å²) < 4.78 is 1.69. The first kappa shape index (κ1) is 17.3. The maximum atomic E-state index is 12.8. The molecule has 1 aliphatic rings. The molecule has 8 nitrogen and oxygen atoms in total. The second-order valence-corrected chi connectivity index (χ2v) is 6.88. The summed E-state index contributed by atoms with van der Waals surface area (Å²) in [5.74, 6) is 1.36. The Labute approximate surface area is 167 Å². The molecule has 4 heterocycles. The number of carbonyl (C=O) groups is 1. The van der Waals surface area contributed by atoms with Crippen molar-refractivity contribution in [3.05, 3.63) is 71.9 Å². The van der Waals surface area contributed by atoms with Crippen LogP contribution in [0.15, 0.2) is 55.1 Å². The molecule has 0 atom stereocenters. The number of aryl methyl sites for hydroxylation is 1. The Hall–Kier alpha value is -3.81. The quantitative estimate of drug-likeness (QED) is 0.581. The van der Waals surface area contributed by atoms with Crippen LogP contribution in [0, 0.1) is 0 Å². The van der Waals surface area contributed by atoms with E-state index in [0.29, 0.717) is 17.9 Å². The summed E-state index contributed by atoms with van der Waals surface area (Å²) in [7, 11) is 0. The standard InChI is InChI=1S/C21H19N7O/c1-2-16-11-19(28-21(26-16)23-13-24-28)25-17-5-6-18-14(10-17)7-9-27(18)20(29)15-4-3-8-22-12-15/h3-6,8,10-13,25H,2,7,9H2,1H3. The molecule has 1 amide bonds. The number of rotatable bonds is 4. The van der Waals surface area contributed by atoms with E-state index in [-0.39, 0.29) is 5.91 Å². The van der Waals surface area contributed by atoms with E-state index < -0.39 is 0 Å². The van der Waals surface area contributed by atoms with Gasteiger partial charge in [0.05, 0.1) is 5.56 Å². The molecular weight excluding hydrogens is 366 g/mol. The summed E-state index contributed by atoms with van der Waals surface area (Å²) in [6.45, 7) is 2.72. The van der Waals surface area contributed by atoms with Crippen molar-refractivity contribution >= 4 is 28.9 Å². The third-order valence-corrected chi connectivity index (χ3v) is 5.07. The summed E-state index contributed by atoms with van der Waals surface area (Å²) in [6, 6.07) is 11.6. The third-order valence-electron chi connectivity index (χ3n) is 5.07. The van der Waals surface area contributed by atoms with Crippen molar-refractivity contribution < 1.29 is 4.79 Å². The van der Waals surface area contributed by atoms with E-state index in [1.807, 2.05) is 23.1 Å². The SMILES string of the molecule is CCc1cc(Nc2ccc3c(c2)CCN3C(=O)c2cccnc2)n2ncnc2n1. The van der Waals surface area contributed by atoms with Crippen LogP contribution in [0.2, 0.25) is 0 Å². The first-order chi connectivity index (χ1) is 14.2. The minimum atomic E-state index is -0.0244. The van der Waals surface area contributed by atoms with Gasteiger partial charge in [-0.25, -0.2) is 4.98 Å². The maximum Gasteiger partial charge on any atom is 0.259 e. The highest BCUT2D eigenvalue weighted by Crippen LogP contribution is 2.32. The van der Waals surface area contributed by atoms with E-state index in [9.17, 15) is 4.79 Å². The van der Waals surface area contributed by atoms with Crippen molar-refractivity contribution in [2.45, 2.75) is 19.8 Å². The number of hydrogen-bond acceptors (Lipinski definition) is 6. The van der Waals surface area contributed by atoms with Gasteiger partial charge in [0.2, 0.25) is 0 Å². The van der Waals surface area contributed by atoms with Crippen molar-refractivity contribution in [3.8, 4) is 0 Å². The summed E-state index contributed by atoms with van der Waals surface area (Å²) in [6.07, 6.45) is 6.40. The average Bonchev–Trinajstić information content (AvgIpc) is 3.40. The molecule has 8 heteroatoms. The Morgan fingerprint density at radius 2 is 2.17 bits per heavy atom. The molecule has 144 valence electrons. The Morgan fingerprint density at radius 1 is 1.24 bits per heavy atom. The number of anilines is 3. The van der Waals surface area contributed by atoms with E-state index in [4.69, 9.17) is 0 Å². The van der Waals surface area contributed by atoms with Crippen molar-refractivity contribution in [3.63, 3.8) is 0 Å². The van der Waals surface area contributed by atoms with Crippen LogP contribution in [0.25, 0.3) is 5.78 Å². The van der Waals surface area contributed by atoms with Crippen LogP contribution in [0.1, 0.15) is 28.5 Å². The first-order valence-corrected chi connectivity index (χ1v) is 9.54. The Balaban J connectivity index is 1.44. The average molecular weight is 385 g/mol. The molecule has 3 aromatic heterocycles. The second-order valence-electron chi connectivity index (χ2n) is 6.88. The highest BCUT2D eigenvalue weighted by molar-refractivity contribution is 6.07. The highest BCUT2D eigenvalue weighted by atomic mass is 16.2. The molecule has 1 aliphatic heterocycles. The minimum absolute atomic E-state index is 0.0244. The number of aromatic nitrogens is 5. The first-order valence-electron chi connectivity index (χ1n) is 9.54. The van der Waals surface area contributed by atoms with Crippen molar-refractivity contribution in [2.75, 3.05) is 16.8 Å². The van der Waals surface area contributed by atoms with Crippen molar-refractivity contribution in [2.24, 2.45) is 0 Å². The topological polar surface area (TPSA) is 88.3 Å². The largest absolute Gasteiger partial charge is 0.340 e. The predicted octanol–water partition coefficient (Wildman–Crippen LogP) is 3.03. The van der Waals surface area contributed by atoms with Crippen LogP contribution in [0.5, 0.6) is 0 Å². The fourth-order valence-corrected chi connectivity index (χ4v) is 3.61. The van der Waals surface area contributed by atoms with Crippen LogP contribution >= 0.6 is 0 Å². The molecule has 0 unspecified atom stereocenters. The second kappa shape index (κ2) is 6.97. The van der Waals surface area contributed by atoms with Crippen LogP contribution in [-0.2, 0) is 12.8 Å². The Bertz CT molecular complexity index is 1200. The van der Waals surface area contributed by atoms with E-state index in [1.54, 1.807) is 29.0 Å². The van der Waals surface area contributed by atoms with Crippen LogP contribution in [-0.4, -0.2) is 37.0 Å². The van der Waals surface area contributed by atoms with E-state index in [2.05, 4.69) is 38.4 Å². The van der Waals surface area contributed by atoms with Gasteiger partial charge in [0.15, 0.2) is 0 Å². The zero-order valence-electron chi connectivity index (χ0n) is 15.9. The minimum Gasteiger partial charge on any atom is -0.340 e. The van der Waals surface area contributed by atoms with Crippen molar-refractivity contribution in [1.82, 2.24) is 24.6 Å². The molecule has 1 aromatic carbocycles. The highest BCUT2D eigenvalue weighted by Gasteiger charge is 2.26. The fourth-order valence-electron chi connectivity index (χ4n) is 3.61. The summed E-state index contributed by atoms with van der Waals surface area (Å²) in [5, 5.41) is 7.67. The molecule has 5 rings (SSSR count). The maximum absolute atomic E-state index is 12.8. The fraction of sp³-hybridized carbons (Fsp3) is 0.190. The third kappa shape index (κ3) is 3.08. The van der Waals surface area contributed by atoms with Gasteiger partial charge in [0.25, 0.3) is 11.7 Å². The molecule has 0 fully saturated rings. The number of nitrogens with zero attached hydrogens (tertiary/aromatic N) is 6. The van der Waals surface area contributed by atoms with Gasteiger partial charge < -0.3 is 10.2 Å². The summed E-state index contributed by atoms with van der Waals surface area (Å²) in [5.41, 5.74) is 4.55. The molecule has 29 heavy (non-hydrogen) atoms. The van der Waals surface area contributed by atoms with E-state index in [0.717, 1.165) is 41.3 Å². The van der Waals surface area contributed by atoms with Gasteiger partial charge in [-0.15, -0.1) is 0 Å². The van der Waals surface area contributed by atoms with Gasteiger partial charge >= 0.3 is 0 Å². The predicted molar refractivity (Wildman–Crippen MR) is 110 cm³/mol. The smallest absolute Gasteiger partial charge is 0.259 e. The van der Waals surface area contributed by atoms with Gasteiger partial charge in [-0.3, -0.25) is 9.78 Å². The lowest BCUT2D eigenvalue weighted by Crippen LogP contribution is -2.28. The number of fused-ring (bicyclic) bond motifs is 2. The van der Waals surface area contributed by atoms with Gasteiger partial charge in [-0.1, -0.05) is 6.92 Å². The number of amides is 1. The normalized spacial score (nSPS) is 12.9. The molecule has 4 aromatic rings. The zero-order valence-corrected chi connectivity index (χ0v) is 15.9. The molecule has 0 bridgehead atoms. The van der Waals surface area contributed by atoms with E-state index in [1.165, 1.54) is 6.33 Å². The Morgan fingerprint density at radius 3 is 3.00 bits per heavy atom. The van der Waals surface area contributed by atoms with Gasteiger partial charge in [-0.2, -0.15) is 14.6 Å². The number of carbonyl (C=O) groups excluding carboxylic acids is 1. The zero-order chi connectivity index (χ0) is 19.8. The number of benzene rings is 1. The molecular formula is C21H19N7O. The monoisotopic (exact) mass is 385 g/mol. The number of hydrogen-bond donors (Lipinski definition) is 1. The lowest BCUT2D eigenvalue weighted by atomic mass is 10.1. The molecule has 0 saturated heterocycles. The molecule has 0 spiro atoms. The number of pyridine rings is 1. The van der Waals surface area contributed by atoms with E-state index >= 15 is 0 Å². The molecule has 0 aliphatic carbocycles. The summed E-state index contributed by atoms with van der Waals surface area (Å²) in [4.78, 5) is 27.4. The Kier molecular flexibility index (Phi) is 4.16. The van der Waals surface area contributed by atoms with Gasteiger partial charge in [0.1, 0.15) is 12.1 Å². The van der Waals surface area contributed by atoms with Crippen molar-refractivity contribution in [1.29, 1.82) is 0 Å². The lowest BCUT2D eigenvalue weighted by Gasteiger charge is -2.17. The molecule has 0 saturated carbocycles. The number of nitrogens with one attached hydrogen (secondary N) is 1. The molecule has 1 N–H and O–H groups in total. The summed E-state index contributed by atoms with van der Waals surface area (Å²) >= 11 is 0.